The van der Waals surface area contributed by atoms with Gasteiger partial charge in [0.25, 0.3) is 0 Å². The Kier molecular flexibility index (Phi) is 2.43. The standard InChI is InChI=1S/C12H22/c1-3-4-5-10-7-12(10)8-11-6-9(11)2/h9-12H,3-8H2,1-2H3. The summed E-state index contributed by atoms with van der Waals surface area (Å²) in [6.07, 6.45) is 9.09. The molecule has 0 amide bonds. The molecule has 2 aliphatic rings. The van der Waals surface area contributed by atoms with Gasteiger partial charge in [0.05, 0.1) is 0 Å². The minimum Gasteiger partial charge on any atom is -0.0654 e. The normalized spacial score (nSPS) is 44.5. The average molecular weight is 166 g/mol. The first kappa shape index (κ1) is 8.59. The molecule has 0 radical (unpaired) electrons. The molecule has 0 bridgehead atoms. The molecule has 0 aromatic carbocycles. The number of hydrogen-bond donors (Lipinski definition) is 0. The Morgan fingerprint density at radius 1 is 1.08 bits per heavy atom. The van der Waals surface area contributed by atoms with Crippen LogP contribution in [-0.2, 0) is 0 Å². The molecule has 0 aliphatic heterocycles. The van der Waals surface area contributed by atoms with Crippen molar-refractivity contribution in [2.45, 2.75) is 52.4 Å². The van der Waals surface area contributed by atoms with Crippen LogP contribution in [0.5, 0.6) is 0 Å². The molecule has 2 rings (SSSR count). The Hall–Kier alpha value is 0. The fourth-order valence-corrected chi connectivity index (χ4v) is 2.54. The van der Waals surface area contributed by atoms with Gasteiger partial charge in [0.2, 0.25) is 0 Å². The van der Waals surface area contributed by atoms with Crippen molar-refractivity contribution in [3.8, 4) is 0 Å². The predicted octanol–water partition coefficient (Wildman–Crippen LogP) is 3.86. The molecule has 0 heteroatoms. The minimum atomic E-state index is 1.08. The quantitative estimate of drug-likeness (QED) is 0.582. The molecule has 0 spiro atoms. The van der Waals surface area contributed by atoms with E-state index in [1.165, 1.54) is 25.7 Å². The SMILES string of the molecule is CCCCC1CC1CC1CC1C. The molecule has 70 valence electrons. The van der Waals surface area contributed by atoms with Crippen LogP contribution in [0.25, 0.3) is 0 Å². The van der Waals surface area contributed by atoms with Crippen LogP contribution >= 0.6 is 0 Å². The zero-order valence-electron chi connectivity index (χ0n) is 8.55. The Bertz CT molecular complexity index is 150. The van der Waals surface area contributed by atoms with Gasteiger partial charge in [-0.25, -0.2) is 0 Å². The Morgan fingerprint density at radius 2 is 1.83 bits per heavy atom. The van der Waals surface area contributed by atoms with Gasteiger partial charge < -0.3 is 0 Å². The summed E-state index contributed by atoms with van der Waals surface area (Å²) in [4.78, 5) is 0. The van der Waals surface area contributed by atoms with E-state index in [2.05, 4.69) is 13.8 Å². The van der Waals surface area contributed by atoms with E-state index in [0.717, 1.165) is 23.7 Å². The molecular weight excluding hydrogens is 144 g/mol. The van der Waals surface area contributed by atoms with E-state index in [1.807, 2.05) is 0 Å². The van der Waals surface area contributed by atoms with Crippen molar-refractivity contribution in [1.82, 2.24) is 0 Å². The van der Waals surface area contributed by atoms with Crippen LogP contribution in [-0.4, -0.2) is 0 Å². The first-order valence-electron chi connectivity index (χ1n) is 5.81. The molecule has 0 aromatic rings. The molecule has 0 nitrogen and oxygen atoms in total. The number of rotatable bonds is 5. The van der Waals surface area contributed by atoms with Gasteiger partial charge in [0.15, 0.2) is 0 Å². The van der Waals surface area contributed by atoms with E-state index >= 15 is 0 Å². The molecule has 4 atom stereocenters. The highest BCUT2D eigenvalue weighted by atomic mass is 14.5. The summed E-state index contributed by atoms with van der Waals surface area (Å²) in [7, 11) is 0. The molecule has 2 saturated carbocycles. The molecule has 0 saturated heterocycles. The maximum atomic E-state index is 2.41. The zero-order chi connectivity index (χ0) is 8.55. The highest BCUT2D eigenvalue weighted by Crippen LogP contribution is 2.52. The van der Waals surface area contributed by atoms with E-state index in [9.17, 15) is 0 Å². The predicted molar refractivity (Wildman–Crippen MR) is 53.0 cm³/mol. The molecular formula is C12H22. The largest absolute Gasteiger partial charge is 0.0654 e. The smallest absolute Gasteiger partial charge is 0.0380 e. The fourth-order valence-electron chi connectivity index (χ4n) is 2.54. The van der Waals surface area contributed by atoms with Crippen LogP contribution in [0.3, 0.4) is 0 Å². The second-order valence-corrected chi connectivity index (χ2v) is 5.11. The van der Waals surface area contributed by atoms with E-state index in [0.29, 0.717) is 0 Å². The average Bonchev–Trinajstić information content (AvgIpc) is 2.91. The van der Waals surface area contributed by atoms with Crippen molar-refractivity contribution in [3.63, 3.8) is 0 Å². The summed E-state index contributed by atoms with van der Waals surface area (Å²) in [5, 5.41) is 0. The molecule has 12 heavy (non-hydrogen) atoms. The Morgan fingerprint density at radius 3 is 2.42 bits per heavy atom. The van der Waals surface area contributed by atoms with Gasteiger partial charge in [-0.3, -0.25) is 0 Å². The van der Waals surface area contributed by atoms with Crippen molar-refractivity contribution in [2.24, 2.45) is 23.7 Å². The summed E-state index contributed by atoms with van der Waals surface area (Å²) < 4.78 is 0. The molecule has 2 fully saturated rings. The summed E-state index contributed by atoms with van der Waals surface area (Å²) >= 11 is 0. The first-order valence-corrected chi connectivity index (χ1v) is 5.81. The maximum Gasteiger partial charge on any atom is -0.0380 e. The van der Waals surface area contributed by atoms with Crippen molar-refractivity contribution in [3.05, 3.63) is 0 Å². The third-order valence-electron chi connectivity index (χ3n) is 3.88. The molecule has 0 N–H and O–H groups in total. The lowest BCUT2D eigenvalue weighted by Crippen LogP contribution is -1.86. The first-order chi connectivity index (χ1) is 5.81. The van der Waals surface area contributed by atoms with Crippen molar-refractivity contribution in [1.29, 1.82) is 0 Å². The maximum absolute atomic E-state index is 2.41. The van der Waals surface area contributed by atoms with Gasteiger partial charge in [0.1, 0.15) is 0 Å². The van der Waals surface area contributed by atoms with Gasteiger partial charge in [-0.1, -0.05) is 33.1 Å². The Labute approximate surface area is 76.7 Å². The van der Waals surface area contributed by atoms with E-state index in [4.69, 9.17) is 0 Å². The number of hydrogen-bond acceptors (Lipinski definition) is 0. The lowest BCUT2D eigenvalue weighted by Gasteiger charge is -1.97. The minimum absolute atomic E-state index is 1.08. The topological polar surface area (TPSA) is 0 Å². The van der Waals surface area contributed by atoms with Crippen LogP contribution < -0.4 is 0 Å². The highest BCUT2D eigenvalue weighted by Gasteiger charge is 2.42. The molecule has 0 aromatic heterocycles. The lowest BCUT2D eigenvalue weighted by atomic mass is 10.1. The summed E-state index contributed by atoms with van der Waals surface area (Å²) in [6, 6.07) is 0. The fraction of sp³-hybridized carbons (Fsp3) is 1.00. The van der Waals surface area contributed by atoms with Gasteiger partial charge >= 0.3 is 0 Å². The second-order valence-electron chi connectivity index (χ2n) is 5.11. The summed E-state index contributed by atoms with van der Waals surface area (Å²) in [5.74, 6) is 4.53. The van der Waals surface area contributed by atoms with Crippen molar-refractivity contribution >= 4 is 0 Å². The number of unbranched alkanes of at least 4 members (excludes halogenated alkanes) is 1. The lowest BCUT2D eigenvalue weighted by molar-refractivity contribution is 0.539. The van der Waals surface area contributed by atoms with Crippen LogP contribution in [0.4, 0.5) is 0 Å². The molecule has 4 unspecified atom stereocenters. The van der Waals surface area contributed by atoms with Gasteiger partial charge in [-0.05, 0) is 42.9 Å². The molecule has 0 heterocycles. The van der Waals surface area contributed by atoms with E-state index < -0.39 is 0 Å². The van der Waals surface area contributed by atoms with Crippen LogP contribution in [0.1, 0.15) is 52.4 Å². The van der Waals surface area contributed by atoms with Gasteiger partial charge in [-0.2, -0.15) is 0 Å². The third-order valence-corrected chi connectivity index (χ3v) is 3.88. The Balaban J connectivity index is 1.55. The zero-order valence-corrected chi connectivity index (χ0v) is 8.55. The van der Waals surface area contributed by atoms with Crippen LogP contribution in [0.2, 0.25) is 0 Å². The third kappa shape index (κ3) is 2.02. The second kappa shape index (κ2) is 3.40. The van der Waals surface area contributed by atoms with Crippen LogP contribution in [0, 0.1) is 23.7 Å². The van der Waals surface area contributed by atoms with Crippen molar-refractivity contribution < 1.29 is 0 Å². The molecule has 2 aliphatic carbocycles. The van der Waals surface area contributed by atoms with Crippen molar-refractivity contribution in [2.75, 3.05) is 0 Å². The summed E-state index contributed by atoms with van der Waals surface area (Å²) in [5.41, 5.74) is 0. The highest BCUT2D eigenvalue weighted by molar-refractivity contribution is 4.93. The van der Waals surface area contributed by atoms with Gasteiger partial charge in [-0.15, -0.1) is 0 Å². The summed E-state index contributed by atoms with van der Waals surface area (Å²) in [6.45, 7) is 4.72. The monoisotopic (exact) mass is 166 g/mol. The van der Waals surface area contributed by atoms with E-state index in [1.54, 1.807) is 12.8 Å². The van der Waals surface area contributed by atoms with E-state index in [-0.39, 0.29) is 0 Å². The van der Waals surface area contributed by atoms with Gasteiger partial charge in [0, 0.05) is 0 Å². The van der Waals surface area contributed by atoms with Crippen LogP contribution in [0.15, 0.2) is 0 Å².